The van der Waals surface area contributed by atoms with Gasteiger partial charge in [-0.2, -0.15) is 0 Å². The number of carbonyl (C=O) groups is 1. The fourth-order valence-electron chi connectivity index (χ4n) is 3.41. The van der Waals surface area contributed by atoms with Gasteiger partial charge >= 0.3 is 12.4 Å². The summed E-state index contributed by atoms with van der Waals surface area (Å²) in [7, 11) is 0. The molecule has 1 aromatic carbocycles. The van der Waals surface area contributed by atoms with Gasteiger partial charge in [0.2, 0.25) is 0 Å². The number of nitrogens with zero attached hydrogens (tertiary/aromatic N) is 3. The van der Waals surface area contributed by atoms with Crippen LogP contribution in [0.1, 0.15) is 17.7 Å². The predicted octanol–water partition coefficient (Wildman–Crippen LogP) is 3.76. The van der Waals surface area contributed by atoms with Crippen molar-refractivity contribution in [2.24, 2.45) is 0 Å². The molecule has 3 aromatic rings. The Morgan fingerprint density at radius 1 is 1.16 bits per heavy atom. The van der Waals surface area contributed by atoms with Crippen LogP contribution in [0.4, 0.5) is 28.2 Å². The minimum absolute atomic E-state index is 0.129. The van der Waals surface area contributed by atoms with Crippen LogP contribution in [-0.2, 0) is 5.54 Å². The summed E-state index contributed by atoms with van der Waals surface area (Å²) in [6.45, 7) is 0.131. The van der Waals surface area contributed by atoms with Crippen LogP contribution in [0.5, 0.6) is 11.5 Å². The molecule has 0 bridgehead atoms. The smallest absolute Gasteiger partial charge is 0.491 e. The SMILES string of the molecule is O=C(Nc1cnccn1)N[C@]1(c2ccc(OC(F)(F)F)c(F)c2)CCOc2cccnc21. The summed E-state index contributed by atoms with van der Waals surface area (Å²) in [5, 5.41) is 5.27. The summed E-state index contributed by atoms with van der Waals surface area (Å²) in [5.74, 6) is -1.74. The van der Waals surface area contributed by atoms with Crippen molar-refractivity contribution in [2.75, 3.05) is 11.9 Å². The first-order valence-electron chi connectivity index (χ1n) is 9.26. The number of ether oxygens (including phenoxy) is 2. The molecule has 2 N–H and O–H groups in total. The molecule has 0 radical (unpaired) electrons. The Hall–Kier alpha value is -3.96. The first-order valence-corrected chi connectivity index (χ1v) is 9.26. The zero-order chi connectivity index (χ0) is 22.8. The number of urea groups is 1. The minimum Gasteiger partial charge on any atom is -0.491 e. The van der Waals surface area contributed by atoms with E-state index in [1.165, 1.54) is 30.9 Å². The molecule has 0 fully saturated rings. The highest BCUT2D eigenvalue weighted by atomic mass is 19.4. The molecule has 8 nitrogen and oxygen atoms in total. The highest BCUT2D eigenvalue weighted by molar-refractivity contribution is 5.89. The second-order valence-electron chi connectivity index (χ2n) is 6.72. The van der Waals surface area contributed by atoms with Crippen molar-refractivity contribution in [2.45, 2.75) is 18.3 Å². The number of alkyl halides is 3. The van der Waals surface area contributed by atoms with Crippen molar-refractivity contribution in [3.05, 3.63) is 72.2 Å². The second-order valence-corrected chi connectivity index (χ2v) is 6.72. The summed E-state index contributed by atoms with van der Waals surface area (Å²) in [6.07, 6.45) is 0.668. The Balaban J connectivity index is 1.74. The third kappa shape index (κ3) is 4.38. The average molecular weight is 449 g/mol. The number of halogens is 4. The van der Waals surface area contributed by atoms with Crippen molar-refractivity contribution in [3.8, 4) is 11.5 Å². The molecule has 0 unspecified atom stereocenters. The van der Waals surface area contributed by atoms with Crippen LogP contribution >= 0.6 is 0 Å². The normalized spacial score (nSPS) is 17.6. The van der Waals surface area contributed by atoms with E-state index in [9.17, 15) is 22.4 Å². The van der Waals surface area contributed by atoms with Gasteiger partial charge in [-0.05, 0) is 29.8 Å². The Labute approximate surface area is 178 Å². The molecule has 2 amide bonds. The molecule has 0 aliphatic carbocycles. The van der Waals surface area contributed by atoms with Crippen molar-refractivity contribution < 1.29 is 31.8 Å². The average Bonchev–Trinajstić information content (AvgIpc) is 2.75. The maximum atomic E-state index is 14.5. The van der Waals surface area contributed by atoms with Crippen LogP contribution in [0.3, 0.4) is 0 Å². The van der Waals surface area contributed by atoms with Gasteiger partial charge in [0.25, 0.3) is 0 Å². The first-order chi connectivity index (χ1) is 15.3. The Bertz CT molecular complexity index is 1130. The van der Waals surface area contributed by atoms with Crippen LogP contribution in [0.25, 0.3) is 0 Å². The molecule has 0 saturated carbocycles. The number of anilines is 1. The van der Waals surface area contributed by atoms with E-state index < -0.39 is 29.5 Å². The summed E-state index contributed by atoms with van der Waals surface area (Å²) in [6, 6.07) is 5.48. The van der Waals surface area contributed by atoms with Gasteiger partial charge in [-0.1, -0.05) is 6.07 Å². The van der Waals surface area contributed by atoms with E-state index in [0.29, 0.717) is 5.75 Å². The number of hydrogen-bond acceptors (Lipinski definition) is 6. The van der Waals surface area contributed by atoms with Crippen molar-refractivity contribution in [1.82, 2.24) is 20.3 Å². The monoisotopic (exact) mass is 449 g/mol. The van der Waals surface area contributed by atoms with Crippen LogP contribution in [0.15, 0.2) is 55.1 Å². The van der Waals surface area contributed by atoms with E-state index in [1.807, 2.05) is 0 Å². The lowest BCUT2D eigenvalue weighted by Crippen LogP contribution is -2.51. The molecule has 1 aliphatic rings. The maximum absolute atomic E-state index is 14.5. The molecule has 4 rings (SSSR count). The van der Waals surface area contributed by atoms with Gasteiger partial charge in [0.15, 0.2) is 17.4 Å². The van der Waals surface area contributed by atoms with Gasteiger partial charge in [0.05, 0.1) is 12.8 Å². The molecule has 2 aromatic heterocycles. The zero-order valence-electron chi connectivity index (χ0n) is 16.2. The van der Waals surface area contributed by atoms with E-state index in [4.69, 9.17) is 4.74 Å². The number of hydrogen-bond donors (Lipinski definition) is 2. The predicted molar refractivity (Wildman–Crippen MR) is 102 cm³/mol. The molecule has 0 saturated heterocycles. The van der Waals surface area contributed by atoms with Gasteiger partial charge in [0.1, 0.15) is 17.0 Å². The van der Waals surface area contributed by atoms with Crippen molar-refractivity contribution in [3.63, 3.8) is 0 Å². The standard InChI is InChI=1S/C20H15F4N5O3/c21-13-10-12(3-4-14(13)32-20(22,23)24)19(5-9-31-15-2-1-6-27-17(15)19)29-18(30)28-16-11-25-7-8-26-16/h1-4,6-8,10-11H,5,9H2,(H2,26,28,29,30)/t19-/m0/s1. The number of benzene rings is 1. The number of fused-ring (bicyclic) bond motifs is 1. The summed E-state index contributed by atoms with van der Waals surface area (Å²) in [4.78, 5) is 24.9. The van der Waals surface area contributed by atoms with Crippen LogP contribution in [0, 0.1) is 5.82 Å². The largest absolute Gasteiger partial charge is 0.573 e. The number of rotatable bonds is 4. The highest BCUT2D eigenvalue weighted by Gasteiger charge is 2.43. The molecule has 32 heavy (non-hydrogen) atoms. The highest BCUT2D eigenvalue weighted by Crippen LogP contribution is 2.41. The second kappa shape index (κ2) is 8.29. The molecule has 166 valence electrons. The van der Waals surface area contributed by atoms with E-state index in [0.717, 1.165) is 12.1 Å². The number of nitrogens with one attached hydrogen (secondary N) is 2. The topological polar surface area (TPSA) is 98.3 Å². The quantitative estimate of drug-likeness (QED) is 0.589. The van der Waals surface area contributed by atoms with E-state index in [1.54, 1.807) is 12.1 Å². The summed E-state index contributed by atoms with van der Waals surface area (Å²) < 4.78 is 61.5. The lowest BCUT2D eigenvalue weighted by Gasteiger charge is -2.38. The zero-order valence-corrected chi connectivity index (χ0v) is 16.2. The number of pyridine rings is 1. The summed E-state index contributed by atoms with van der Waals surface area (Å²) in [5.41, 5.74) is -0.981. The van der Waals surface area contributed by atoms with E-state index >= 15 is 0 Å². The molecule has 3 heterocycles. The van der Waals surface area contributed by atoms with Crippen LogP contribution in [-0.4, -0.2) is 34.0 Å². The van der Waals surface area contributed by atoms with E-state index in [2.05, 4.69) is 30.3 Å². The van der Waals surface area contributed by atoms with Crippen molar-refractivity contribution >= 4 is 11.8 Å². The van der Waals surface area contributed by atoms with E-state index in [-0.39, 0.29) is 30.1 Å². The molecule has 1 atom stereocenters. The number of carbonyl (C=O) groups excluding carboxylic acids is 1. The first kappa shape index (κ1) is 21.3. The Kier molecular flexibility index (Phi) is 5.51. The lowest BCUT2D eigenvalue weighted by molar-refractivity contribution is -0.275. The fourth-order valence-corrected chi connectivity index (χ4v) is 3.41. The number of aromatic nitrogens is 3. The molecular weight excluding hydrogens is 434 g/mol. The Morgan fingerprint density at radius 3 is 2.72 bits per heavy atom. The molecular formula is C20H15F4N5O3. The van der Waals surface area contributed by atoms with Crippen LogP contribution in [0.2, 0.25) is 0 Å². The fraction of sp³-hybridized carbons (Fsp3) is 0.200. The Morgan fingerprint density at radius 2 is 2.00 bits per heavy atom. The molecule has 1 aliphatic heterocycles. The van der Waals surface area contributed by atoms with Crippen molar-refractivity contribution in [1.29, 1.82) is 0 Å². The summed E-state index contributed by atoms with van der Waals surface area (Å²) >= 11 is 0. The van der Waals surface area contributed by atoms with Crippen LogP contribution < -0.4 is 20.1 Å². The van der Waals surface area contributed by atoms with Gasteiger partial charge in [-0.15, -0.1) is 13.2 Å². The van der Waals surface area contributed by atoms with Gasteiger partial charge < -0.3 is 14.8 Å². The molecule has 0 spiro atoms. The van der Waals surface area contributed by atoms with Gasteiger partial charge in [-0.3, -0.25) is 15.3 Å². The lowest BCUT2D eigenvalue weighted by atomic mass is 9.81. The number of amides is 2. The van der Waals surface area contributed by atoms with Gasteiger partial charge in [0, 0.05) is 25.0 Å². The molecule has 12 heteroatoms. The third-order valence-electron chi connectivity index (χ3n) is 4.69. The minimum atomic E-state index is -5.05. The maximum Gasteiger partial charge on any atom is 0.573 e. The third-order valence-corrected chi connectivity index (χ3v) is 4.69. The van der Waals surface area contributed by atoms with Gasteiger partial charge in [-0.25, -0.2) is 14.2 Å².